The molecule has 0 amide bonds. The second-order valence-corrected chi connectivity index (χ2v) is 5.15. The molecular formula is C12H17NO2S. The zero-order valence-electron chi connectivity index (χ0n) is 9.26. The van der Waals surface area contributed by atoms with Crippen molar-refractivity contribution in [2.45, 2.75) is 31.7 Å². The van der Waals surface area contributed by atoms with Gasteiger partial charge in [-0.2, -0.15) is 0 Å². The Hall–Kier alpha value is -0.870. The molecule has 2 heterocycles. The molecule has 3 nitrogen and oxygen atoms in total. The third-order valence-corrected chi connectivity index (χ3v) is 3.99. The van der Waals surface area contributed by atoms with Crippen molar-refractivity contribution in [2.24, 2.45) is 0 Å². The Labute approximate surface area is 99.7 Å². The molecule has 1 aromatic heterocycles. The molecule has 1 saturated heterocycles. The van der Waals surface area contributed by atoms with Gasteiger partial charge in [0, 0.05) is 17.6 Å². The summed E-state index contributed by atoms with van der Waals surface area (Å²) in [6, 6.07) is 2.14. The molecule has 0 radical (unpaired) electrons. The van der Waals surface area contributed by atoms with Crippen LogP contribution in [-0.2, 0) is 0 Å². The third kappa shape index (κ3) is 2.44. The first kappa shape index (κ1) is 11.6. The van der Waals surface area contributed by atoms with Crippen molar-refractivity contribution >= 4 is 23.3 Å². The van der Waals surface area contributed by atoms with Gasteiger partial charge in [0.15, 0.2) is 6.29 Å². The van der Waals surface area contributed by atoms with Crippen LogP contribution < -0.4 is 4.90 Å². The molecule has 1 aliphatic rings. The lowest BCUT2D eigenvalue weighted by Crippen LogP contribution is -2.37. The summed E-state index contributed by atoms with van der Waals surface area (Å²) in [4.78, 5) is 13.7. The molecule has 1 fully saturated rings. The zero-order chi connectivity index (χ0) is 11.4. The van der Waals surface area contributed by atoms with E-state index >= 15 is 0 Å². The van der Waals surface area contributed by atoms with Gasteiger partial charge in [0.25, 0.3) is 0 Å². The molecule has 0 bridgehead atoms. The molecule has 1 N–H and O–H groups in total. The number of aldehydes is 1. The van der Waals surface area contributed by atoms with Crippen LogP contribution in [0.4, 0.5) is 5.69 Å². The molecule has 88 valence electrons. The molecule has 2 rings (SSSR count). The molecular weight excluding hydrogens is 222 g/mol. The van der Waals surface area contributed by atoms with Crippen LogP contribution in [0, 0.1) is 0 Å². The van der Waals surface area contributed by atoms with E-state index in [1.54, 1.807) is 0 Å². The van der Waals surface area contributed by atoms with E-state index in [1.165, 1.54) is 30.6 Å². The third-order valence-electron chi connectivity index (χ3n) is 3.14. The van der Waals surface area contributed by atoms with Crippen LogP contribution in [-0.4, -0.2) is 30.6 Å². The fourth-order valence-corrected chi connectivity index (χ4v) is 2.97. The molecule has 0 spiro atoms. The number of thiophene rings is 1. The van der Waals surface area contributed by atoms with Crippen molar-refractivity contribution in [3.8, 4) is 0 Å². The highest BCUT2D eigenvalue weighted by molar-refractivity contribution is 7.12. The summed E-state index contributed by atoms with van der Waals surface area (Å²) in [5, 5.41) is 11.4. The second kappa shape index (κ2) is 5.46. The quantitative estimate of drug-likeness (QED) is 0.823. The van der Waals surface area contributed by atoms with E-state index in [9.17, 15) is 9.90 Å². The Morgan fingerprint density at radius 2 is 2.38 bits per heavy atom. The standard InChI is InChI=1S/C12H17NO2S/c14-7-10-4-2-1-3-5-13(10)11-6-12(8-15)16-9-11/h6,8-10,14H,1-5,7H2. The predicted molar refractivity (Wildman–Crippen MR) is 66.4 cm³/mol. The molecule has 1 atom stereocenters. The summed E-state index contributed by atoms with van der Waals surface area (Å²) in [5.41, 5.74) is 1.09. The lowest BCUT2D eigenvalue weighted by Gasteiger charge is -2.29. The Morgan fingerprint density at radius 3 is 3.06 bits per heavy atom. The van der Waals surface area contributed by atoms with E-state index in [-0.39, 0.29) is 12.6 Å². The number of nitrogens with zero attached hydrogens (tertiary/aromatic N) is 1. The van der Waals surface area contributed by atoms with Crippen LogP contribution in [0.15, 0.2) is 11.4 Å². The van der Waals surface area contributed by atoms with Crippen LogP contribution in [0.5, 0.6) is 0 Å². The first-order chi connectivity index (χ1) is 7.85. The molecule has 1 unspecified atom stereocenters. The monoisotopic (exact) mass is 239 g/mol. The van der Waals surface area contributed by atoms with E-state index in [0.717, 1.165) is 29.8 Å². The minimum Gasteiger partial charge on any atom is -0.394 e. The van der Waals surface area contributed by atoms with Gasteiger partial charge >= 0.3 is 0 Å². The van der Waals surface area contributed by atoms with Crippen molar-refractivity contribution in [1.82, 2.24) is 0 Å². The minimum absolute atomic E-state index is 0.201. The van der Waals surface area contributed by atoms with E-state index in [0.29, 0.717) is 0 Å². The highest BCUT2D eigenvalue weighted by atomic mass is 32.1. The van der Waals surface area contributed by atoms with Crippen molar-refractivity contribution in [3.63, 3.8) is 0 Å². The van der Waals surface area contributed by atoms with Crippen LogP contribution in [0.2, 0.25) is 0 Å². The van der Waals surface area contributed by atoms with Crippen LogP contribution >= 0.6 is 11.3 Å². The average molecular weight is 239 g/mol. The SMILES string of the molecule is O=Cc1cc(N2CCCCCC2CO)cs1. The van der Waals surface area contributed by atoms with Gasteiger partial charge in [-0.05, 0) is 18.9 Å². The maximum absolute atomic E-state index is 10.7. The highest BCUT2D eigenvalue weighted by Crippen LogP contribution is 2.27. The molecule has 0 aromatic carbocycles. The van der Waals surface area contributed by atoms with Gasteiger partial charge in [0.1, 0.15) is 0 Å². The number of hydrogen-bond acceptors (Lipinski definition) is 4. The van der Waals surface area contributed by atoms with E-state index in [2.05, 4.69) is 4.90 Å². The first-order valence-corrected chi connectivity index (χ1v) is 6.64. The summed E-state index contributed by atoms with van der Waals surface area (Å²) >= 11 is 1.47. The number of hydrogen-bond donors (Lipinski definition) is 1. The largest absolute Gasteiger partial charge is 0.394 e. The molecule has 16 heavy (non-hydrogen) atoms. The van der Waals surface area contributed by atoms with E-state index < -0.39 is 0 Å². The number of rotatable bonds is 3. The summed E-state index contributed by atoms with van der Waals surface area (Å²) in [6.07, 6.45) is 5.52. The molecule has 1 aliphatic heterocycles. The second-order valence-electron chi connectivity index (χ2n) is 4.20. The minimum atomic E-state index is 0.201. The zero-order valence-corrected chi connectivity index (χ0v) is 10.1. The van der Waals surface area contributed by atoms with Crippen molar-refractivity contribution < 1.29 is 9.90 Å². The average Bonchev–Trinajstić information content (AvgIpc) is 2.66. The maximum Gasteiger partial charge on any atom is 0.160 e. The first-order valence-electron chi connectivity index (χ1n) is 5.76. The van der Waals surface area contributed by atoms with E-state index in [4.69, 9.17) is 0 Å². The maximum atomic E-state index is 10.7. The lowest BCUT2D eigenvalue weighted by atomic mass is 10.1. The van der Waals surface area contributed by atoms with Crippen molar-refractivity contribution in [3.05, 3.63) is 16.3 Å². The van der Waals surface area contributed by atoms with Crippen LogP contribution in [0.25, 0.3) is 0 Å². The van der Waals surface area contributed by atoms with Gasteiger partial charge in [-0.3, -0.25) is 4.79 Å². The summed E-state index contributed by atoms with van der Waals surface area (Å²) in [6.45, 7) is 1.19. The van der Waals surface area contributed by atoms with Gasteiger partial charge in [-0.25, -0.2) is 0 Å². The topological polar surface area (TPSA) is 40.5 Å². The Kier molecular flexibility index (Phi) is 3.96. The van der Waals surface area contributed by atoms with E-state index in [1.807, 2.05) is 11.4 Å². The Balaban J connectivity index is 2.17. The highest BCUT2D eigenvalue weighted by Gasteiger charge is 2.21. The Morgan fingerprint density at radius 1 is 1.50 bits per heavy atom. The predicted octanol–water partition coefficient (Wildman–Crippen LogP) is 2.30. The fourth-order valence-electron chi connectivity index (χ4n) is 2.26. The smallest absolute Gasteiger partial charge is 0.160 e. The van der Waals surface area contributed by atoms with Crippen molar-refractivity contribution in [1.29, 1.82) is 0 Å². The van der Waals surface area contributed by atoms with Gasteiger partial charge < -0.3 is 10.0 Å². The van der Waals surface area contributed by atoms with Gasteiger partial charge in [-0.1, -0.05) is 12.8 Å². The molecule has 1 aromatic rings. The normalized spacial score (nSPS) is 21.8. The number of carbonyl (C=O) groups is 1. The lowest BCUT2D eigenvalue weighted by molar-refractivity contribution is 0.112. The van der Waals surface area contributed by atoms with Gasteiger partial charge in [0.05, 0.1) is 17.5 Å². The number of aliphatic hydroxyl groups is 1. The molecule has 0 aliphatic carbocycles. The number of carbonyl (C=O) groups excluding carboxylic acids is 1. The van der Waals surface area contributed by atoms with Gasteiger partial charge in [-0.15, -0.1) is 11.3 Å². The molecule has 0 saturated carbocycles. The number of anilines is 1. The summed E-state index contributed by atoms with van der Waals surface area (Å²) in [7, 11) is 0. The van der Waals surface area contributed by atoms with Crippen molar-refractivity contribution in [2.75, 3.05) is 18.1 Å². The van der Waals surface area contributed by atoms with Crippen LogP contribution in [0.3, 0.4) is 0 Å². The number of aliphatic hydroxyl groups excluding tert-OH is 1. The fraction of sp³-hybridized carbons (Fsp3) is 0.583. The Bertz CT molecular complexity index is 351. The van der Waals surface area contributed by atoms with Gasteiger partial charge in [0.2, 0.25) is 0 Å². The van der Waals surface area contributed by atoms with Crippen LogP contribution in [0.1, 0.15) is 35.4 Å². The summed E-state index contributed by atoms with van der Waals surface area (Å²) < 4.78 is 0. The summed E-state index contributed by atoms with van der Waals surface area (Å²) in [5.74, 6) is 0. The molecule has 4 heteroatoms.